The molecule has 4 N–H and O–H groups in total. The van der Waals surface area contributed by atoms with Crippen molar-refractivity contribution >= 4 is 29.5 Å². The van der Waals surface area contributed by atoms with Gasteiger partial charge in [-0.05, 0) is 19.4 Å². The highest BCUT2D eigenvalue weighted by Crippen LogP contribution is 2.26. The third kappa shape index (κ3) is 2.79. The molecule has 1 aliphatic heterocycles. The van der Waals surface area contributed by atoms with Crippen LogP contribution < -0.4 is 16.4 Å². The van der Waals surface area contributed by atoms with Crippen molar-refractivity contribution in [2.24, 2.45) is 0 Å². The van der Waals surface area contributed by atoms with Crippen LogP contribution in [0.25, 0.3) is 5.70 Å². The number of aldehydes is 1. The van der Waals surface area contributed by atoms with E-state index in [1.165, 1.54) is 0 Å². The van der Waals surface area contributed by atoms with Crippen molar-refractivity contribution in [3.05, 3.63) is 35.9 Å². The highest BCUT2D eigenvalue weighted by Gasteiger charge is 2.38. The fourth-order valence-corrected chi connectivity index (χ4v) is 2.35. The van der Waals surface area contributed by atoms with Gasteiger partial charge in [0.05, 0.1) is 0 Å². The summed E-state index contributed by atoms with van der Waals surface area (Å²) in [7, 11) is 0. The standard InChI is InChI=1S/C15H17N3O3/c1-9(13-10(8-19)4-3-5-11(13)16)18-15(2)7-6-12(20)17-14(15)21/h3-5,8,18H,1,6-7,16H2,2H3,(H,17,20,21)/t15-/m0/s1. The van der Waals surface area contributed by atoms with E-state index in [0.717, 1.165) is 0 Å². The first-order valence-electron chi connectivity index (χ1n) is 6.53. The zero-order valence-electron chi connectivity index (χ0n) is 11.7. The first kappa shape index (κ1) is 14.8. The highest BCUT2D eigenvalue weighted by molar-refractivity contribution is 6.03. The summed E-state index contributed by atoms with van der Waals surface area (Å²) in [6.45, 7) is 5.55. The molecule has 1 fully saturated rings. The van der Waals surface area contributed by atoms with Gasteiger partial charge in [0.2, 0.25) is 5.91 Å². The summed E-state index contributed by atoms with van der Waals surface area (Å²) < 4.78 is 0. The van der Waals surface area contributed by atoms with Gasteiger partial charge in [0.25, 0.3) is 5.91 Å². The minimum atomic E-state index is -0.965. The predicted octanol–water partition coefficient (Wildman–Crippen LogP) is 0.837. The molecule has 0 unspecified atom stereocenters. The van der Waals surface area contributed by atoms with E-state index in [1.54, 1.807) is 25.1 Å². The Morgan fingerprint density at radius 2 is 2.19 bits per heavy atom. The Bertz CT molecular complexity index is 639. The number of piperidine rings is 1. The van der Waals surface area contributed by atoms with E-state index < -0.39 is 11.4 Å². The molecule has 0 saturated carbocycles. The second kappa shape index (κ2) is 5.40. The first-order chi connectivity index (χ1) is 9.87. The summed E-state index contributed by atoms with van der Waals surface area (Å²) in [4.78, 5) is 34.3. The normalized spacial score (nSPS) is 21.6. The van der Waals surface area contributed by atoms with E-state index in [9.17, 15) is 14.4 Å². The van der Waals surface area contributed by atoms with Crippen molar-refractivity contribution < 1.29 is 14.4 Å². The summed E-state index contributed by atoms with van der Waals surface area (Å²) in [5, 5.41) is 5.29. The maximum atomic E-state index is 12.0. The molecule has 1 aromatic rings. The number of nitrogens with two attached hydrogens (primary N) is 1. The molecule has 0 aromatic heterocycles. The third-order valence-electron chi connectivity index (χ3n) is 3.59. The molecule has 2 rings (SSSR count). The van der Waals surface area contributed by atoms with E-state index in [-0.39, 0.29) is 12.3 Å². The molecular weight excluding hydrogens is 270 g/mol. The van der Waals surface area contributed by atoms with Crippen LogP contribution in [0.2, 0.25) is 0 Å². The fourth-order valence-electron chi connectivity index (χ4n) is 2.35. The zero-order valence-corrected chi connectivity index (χ0v) is 11.7. The fraction of sp³-hybridized carbons (Fsp3) is 0.267. The van der Waals surface area contributed by atoms with Gasteiger partial charge in [-0.15, -0.1) is 0 Å². The molecular formula is C15H17N3O3. The van der Waals surface area contributed by atoms with Crippen LogP contribution in [0.4, 0.5) is 5.69 Å². The topological polar surface area (TPSA) is 101 Å². The van der Waals surface area contributed by atoms with Gasteiger partial charge in [0, 0.05) is 28.9 Å². The number of amides is 2. The van der Waals surface area contributed by atoms with Crippen LogP contribution in [0.5, 0.6) is 0 Å². The maximum absolute atomic E-state index is 12.0. The first-order valence-corrected chi connectivity index (χ1v) is 6.53. The Balaban J connectivity index is 2.28. The van der Waals surface area contributed by atoms with E-state index >= 15 is 0 Å². The van der Waals surface area contributed by atoms with E-state index in [4.69, 9.17) is 5.73 Å². The Kier molecular flexibility index (Phi) is 3.80. The van der Waals surface area contributed by atoms with E-state index in [0.29, 0.717) is 35.2 Å². The molecule has 1 heterocycles. The van der Waals surface area contributed by atoms with Crippen molar-refractivity contribution in [2.45, 2.75) is 25.3 Å². The molecule has 0 aliphatic carbocycles. The van der Waals surface area contributed by atoms with E-state index in [1.807, 2.05) is 0 Å². The maximum Gasteiger partial charge on any atom is 0.251 e. The number of carbonyl (C=O) groups excluding carboxylic acids is 3. The van der Waals surface area contributed by atoms with Crippen LogP contribution in [0.3, 0.4) is 0 Å². The molecule has 0 spiro atoms. The number of imide groups is 1. The average molecular weight is 287 g/mol. The summed E-state index contributed by atoms with van der Waals surface area (Å²) in [6, 6.07) is 4.95. The van der Waals surface area contributed by atoms with Gasteiger partial charge in [-0.2, -0.15) is 0 Å². The van der Waals surface area contributed by atoms with Gasteiger partial charge < -0.3 is 11.1 Å². The van der Waals surface area contributed by atoms with Gasteiger partial charge >= 0.3 is 0 Å². The molecule has 1 saturated heterocycles. The lowest BCUT2D eigenvalue weighted by atomic mass is 9.89. The molecule has 0 bridgehead atoms. The van der Waals surface area contributed by atoms with E-state index in [2.05, 4.69) is 17.2 Å². The number of nitrogens with one attached hydrogen (secondary N) is 2. The second-order valence-electron chi connectivity index (χ2n) is 5.24. The summed E-state index contributed by atoms with van der Waals surface area (Å²) >= 11 is 0. The molecule has 2 amide bonds. The molecule has 110 valence electrons. The molecule has 6 heteroatoms. The van der Waals surface area contributed by atoms with Crippen LogP contribution >= 0.6 is 0 Å². The number of nitrogen functional groups attached to an aromatic ring is 1. The van der Waals surface area contributed by atoms with Crippen molar-refractivity contribution in [3.8, 4) is 0 Å². The lowest BCUT2D eigenvalue weighted by Crippen LogP contribution is -2.59. The minimum absolute atomic E-state index is 0.243. The van der Waals surface area contributed by atoms with Crippen molar-refractivity contribution in [1.29, 1.82) is 0 Å². The Morgan fingerprint density at radius 3 is 2.81 bits per heavy atom. The van der Waals surface area contributed by atoms with Gasteiger partial charge in [-0.3, -0.25) is 19.7 Å². The second-order valence-corrected chi connectivity index (χ2v) is 5.24. The molecule has 0 radical (unpaired) electrons. The minimum Gasteiger partial charge on any atom is -0.398 e. The lowest BCUT2D eigenvalue weighted by molar-refractivity contribution is -0.137. The highest BCUT2D eigenvalue weighted by atomic mass is 16.2. The molecule has 21 heavy (non-hydrogen) atoms. The molecule has 6 nitrogen and oxygen atoms in total. The van der Waals surface area contributed by atoms with Gasteiger partial charge in [0.15, 0.2) is 6.29 Å². The number of hydrogen-bond donors (Lipinski definition) is 3. The summed E-state index contributed by atoms with van der Waals surface area (Å²) in [6.07, 6.45) is 1.28. The SMILES string of the molecule is C=C(N[C@@]1(C)CCC(=O)NC1=O)c1c(N)cccc1C=O. The zero-order chi connectivity index (χ0) is 15.6. The van der Waals surface area contributed by atoms with Crippen molar-refractivity contribution in [3.63, 3.8) is 0 Å². The van der Waals surface area contributed by atoms with Crippen molar-refractivity contribution in [1.82, 2.24) is 10.6 Å². The van der Waals surface area contributed by atoms with Gasteiger partial charge in [0.1, 0.15) is 5.54 Å². The van der Waals surface area contributed by atoms with Crippen molar-refractivity contribution in [2.75, 3.05) is 5.73 Å². The number of hydrogen-bond acceptors (Lipinski definition) is 5. The monoisotopic (exact) mass is 287 g/mol. The molecule has 1 atom stereocenters. The van der Waals surface area contributed by atoms with Crippen LogP contribution in [0.1, 0.15) is 35.7 Å². The van der Waals surface area contributed by atoms with Crippen LogP contribution in [-0.2, 0) is 9.59 Å². The van der Waals surface area contributed by atoms with Gasteiger partial charge in [-0.25, -0.2) is 0 Å². The average Bonchev–Trinajstić information content (AvgIpc) is 2.43. The predicted molar refractivity (Wildman–Crippen MR) is 79.2 cm³/mol. The van der Waals surface area contributed by atoms with Gasteiger partial charge in [-0.1, -0.05) is 18.7 Å². The number of carbonyl (C=O) groups is 3. The third-order valence-corrected chi connectivity index (χ3v) is 3.59. The Labute approximate surface area is 122 Å². The smallest absolute Gasteiger partial charge is 0.251 e. The molecule has 1 aromatic carbocycles. The largest absolute Gasteiger partial charge is 0.398 e. The Hall–Kier alpha value is -2.63. The van der Waals surface area contributed by atoms with Crippen LogP contribution in [-0.4, -0.2) is 23.6 Å². The lowest BCUT2D eigenvalue weighted by Gasteiger charge is -2.34. The molecule has 1 aliphatic rings. The van der Waals surface area contributed by atoms with Crippen LogP contribution in [0.15, 0.2) is 24.8 Å². The van der Waals surface area contributed by atoms with Crippen LogP contribution in [0, 0.1) is 0 Å². The number of anilines is 1. The Morgan fingerprint density at radius 1 is 1.48 bits per heavy atom. The summed E-state index contributed by atoms with van der Waals surface area (Å²) in [5.41, 5.74) is 6.56. The number of rotatable bonds is 4. The number of benzene rings is 1. The summed E-state index contributed by atoms with van der Waals surface area (Å²) in [5.74, 6) is -0.709. The quantitative estimate of drug-likeness (QED) is 0.433.